The lowest BCUT2D eigenvalue weighted by molar-refractivity contribution is 0.0700. The van der Waals surface area contributed by atoms with E-state index in [1.165, 1.54) is 30.3 Å². The molecule has 3 aromatic rings. The maximum absolute atomic E-state index is 12.3. The molecule has 1 N–H and O–H groups in total. The average molecular weight is 455 g/mol. The van der Waals surface area contributed by atoms with E-state index in [1.807, 2.05) is 0 Å². The molecule has 3 rings (SSSR count). The van der Waals surface area contributed by atoms with E-state index < -0.39 is 5.97 Å². The van der Waals surface area contributed by atoms with Crippen LogP contribution < -0.4 is 10.1 Å². The van der Waals surface area contributed by atoms with Crippen LogP contribution >= 0.6 is 39.1 Å². The van der Waals surface area contributed by atoms with Crippen molar-refractivity contribution in [3.05, 3.63) is 80.6 Å². The van der Waals surface area contributed by atoms with Gasteiger partial charge in [-0.1, -0.05) is 23.2 Å². The highest BCUT2D eigenvalue weighted by Crippen LogP contribution is 2.26. The number of benzene rings is 2. The summed E-state index contributed by atoms with van der Waals surface area (Å²) in [6, 6.07) is 13.9. The van der Waals surface area contributed by atoms with Crippen molar-refractivity contribution in [3.8, 4) is 5.75 Å². The molecule has 0 radical (unpaired) electrons. The number of hydrogen-bond acceptors (Lipinski definition) is 4. The van der Waals surface area contributed by atoms with Gasteiger partial charge in [0.15, 0.2) is 4.67 Å². The third kappa shape index (κ3) is 4.46. The molecule has 0 fully saturated rings. The Labute approximate surface area is 167 Å². The Balaban J connectivity index is 1.68. The first-order chi connectivity index (χ1) is 12.4. The van der Waals surface area contributed by atoms with E-state index in [1.54, 1.807) is 24.3 Å². The molecule has 5 nitrogen and oxygen atoms in total. The van der Waals surface area contributed by atoms with E-state index in [2.05, 4.69) is 21.2 Å². The van der Waals surface area contributed by atoms with Crippen molar-refractivity contribution in [3.63, 3.8) is 0 Å². The molecule has 0 saturated carbocycles. The first-order valence-electron chi connectivity index (χ1n) is 7.26. The minimum absolute atomic E-state index is 0.0642. The largest absolute Gasteiger partial charge is 0.442 e. The molecule has 0 saturated heterocycles. The summed E-state index contributed by atoms with van der Waals surface area (Å²) < 4.78 is 10.7. The zero-order valence-electron chi connectivity index (χ0n) is 13.0. The fourth-order valence-electron chi connectivity index (χ4n) is 2.04. The molecule has 0 aliphatic rings. The number of carbonyl (C=O) groups excluding carboxylic acids is 2. The van der Waals surface area contributed by atoms with Gasteiger partial charge in [-0.2, -0.15) is 0 Å². The van der Waals surface area contributed by atoms with Crippen LogP contribution in [-0.4, -0.2) is 11.9 Å². The summed E-state index contributed by atoms with van der Waals surface area (Å²) in [6.07, 6.45) is 0. The van der Waals surface area contributed by atoms with Gasteiger partial charge in [0.1, 0.15) is 5.75 Å². The lowest BCUT2D eigenvalue weighted by Gasteiger charge is -2.08. The number of furan rings is 1. The molecule has 2 aromatic carbocycles. The Morgan fingerprint density at radius 3 is 2.38 bits per heavy atom. The van der Waals surface area contributed by atoms with Crippen molar-refractivity contribution in [1.82, 2.24) is 0 Å². The van der Waals surface area contributed by atoms with Crippen LogP contribution in [0.2, 0.25) is 10.0 Å². The van der Waals surface area contributed by atoms with Gasteiger partial charge in [-0.3, -0.25) is 4.79 Å². The second-order valence-electron chi connectivity index (χ2n) is 5.10. The number of anilines is 1. The highest BCUT2D eigenvalue weighted by atomic mass is 79.9. The smallest absolute Gasteiger partial charge is 0.379 e. The van der Waals surface area contributed by atoms with Crippen LogP contribution in [0.3, 0.4) is 0 Å². The molecule has 0 aliphatic carbocycles. The number of nitrogens with one attached hydrogen (secondary N) is 1. The van der Waals surface area contributed by atoms with E-state index in [0.29, 0.717) is 26.0 Å². The minimum Gasteiger partial charge on any atom is -0.442 e. The highest BCUT2D eigenvalue weighted by molar-refractivity contribution is 9.10. The second kappa shape index (κ2) is 7.95. The fraction of sp³-hybridized carbons (Fsp3) is 0. The molecule has 0 atom stereocenters. The molecule has 0 aliphatic heterocycles. The second-order valence-corrected chi connectivity index (χ2v) is 6.72. The van der Waals surface area contributed by atoms with Gasteiger partial charge in [-0.25, -0.2) is 4.79 Å². The first kappa shape index (κ1) is 18.5. The maximum atomic E-state index is 12.3. The molecule has 1 aromatic heterocycles. The van der Waals surface area contributed by atoms with Gasteiger partial charge in [0.2, 0.25) is 5.76 Å². The van der Waals surface area contributed by atoms with E-state index in [4.69, 9.17) is 32.4 Å². The highest BCUT2D eigenvalue weighted by Gasteiger charge is 2.14. The zero-order chi connectivity index (χ0) is 18.7. The van der Waals surface area contributed by atoms with E-state index >= 15 is 0 Å². The number of esters is 1. The number of rotatable bonds is 4. The number of halogens is 3. The van der Waals surface area contributed by atoms with Crippen LogP contribution in [-0.2, 0) is 0 Å². The molecule has 1 amide bonds. The lowest BCUT2D eigenvalue weighted by Crippen LogP contribution is -2.12. The Hall–Kier alpha value is -2.28. The fourth-order valence-corrected chi connectivity index (χ4v) is 2.69. The van der Waals surface area contributed by atoms with Crippen LogP contribution in [0.4, 0.5) is 5.69 Å². The summed E-state index contributed by atoms with van der Waals surface area (Å²) in [5, 5.41) is 3.50. The molecule has 0 unspecified atom stereocenters. The summed E-state index contributed by atoms with van der Waals surface area (Å²) in [5.41, 5.74) is 0.768. The van der Waals surface area contributed by atoms with E-state index in [-0.39, 0.29) is 17.4 Å². The molecule has 0 bridgehead atoms. The molecule has 26 heavy (non-hydrogen) atoms. The van der Waals surface area contributed by atoms with E-state index in [9.17, 15) is 9.59 Å². The van der Waals surface area contributed by atoms with Gasteiger partial charge in [0.05, 0.1) is 10.7 Å². The number of ether oxygens (including phenoxy) is 1. The van der Waals surface area contributed by atoms with Crippen molar-refractivity contribution >= 4 is 56.7 Å². The van der Waals surface area contributed by atoms with Crippen LogP contribution in [0.1, 0.15) is 20.9 Å². The summed E-state index contributed by atoms with van der Waals surface area (Å²) >= 11 is 15.0. The van der Waals surface area contributed by atoms with E-state index in [0.717, 1.165) is 0 Å². The summed E-state index contributed by atoms with van der Waals surface area (Å²) in [5.74, 6) is -0.672. The predicted molar refractivity (Wildman–Crippen MR) is 102 cm³/mol. The minimum atomic E-state index is -0.640. The monoisotopic (exact) mass is 453 g/mol. The Bertz CT molecular complexity index is 970. The van der Waals surface area contributed by atoms with Crippen LogP contribution in [0, 0.1) is 0 Å². The summed E-state index contributed by atoms with van der Waals surface area (Å²) in [7, 11) is 0. The Kier molecular flexibility index (Phi) is 5.66. The van der Waals surface area contributed by atoms with Gasteiger partial charge < -0.3 is 14.5 Å². The molecule has 132 valence electrons. The summed E-state index contributed by atoms with van der Waals surface area (Å²) in [6.45, 7) is 0. The van der Waals surface area contributed by atoms with Gasteiger partial charge in [-0.05, 0) is 70.5 Å². The molecule has 1 heterocycles. The third-order valence-electron chi connectivity index (χ3n) is 3.28. The van der Waals surface area contributed by atoms with Gasteiger partial charge in [0, 0.05) is 10.6 Å². The topological polar surface area (TPSA) is 68.5 Å². The maximum Gasteiger partial charge on any atom is 0.379 e. The number of carbonyl (C=O) groups is 2. The lowest BCUT2D eigenvalue weighted by atomic mass is 10.2. The van der Waals surface area contributed by atoms with Crippen LogP contribution in [0.15, 0.2) is 63.7 Å². The Morgan fingerprint density at radius 2 is 1.73 bits per heavy atom. The molecule has 0 spiro atoms. The molecule has 8 heteroatoms. The molecular formula is C18H10BrCl2NO4. The van der Waals surface area contributed by atoms with Gasteiger partial charge >= 0.3 is 5.97 Å². The first-order valence-corrected chi connectivity index (χ1v) is 8.81. The number of amides is 1. The normalized spacial score (nSPS) is 10.4. The predicted octanol–water partition coefficient (Wildman–Crippen LogP) is 5.82. The van der Waals surface area contributed by atoms with Crippen molar-refractivity contribution < 1.29 is 18.7 Å². The standard InChI is InChI=1S/C18H10BrCl2NO4/c19-16-8-7-15(26-16)18(24)25-12-4-1-10(2-5-12)17(23)22-14-9-11(20)3-6-13(14)21/h1-9H,(H,22,23). The van der Waals surface area contributed by atoms with Gasteiger partial charge in [0.25, 0.3) is 5.91 Å². The van der Waals surface area contributed by atoms with Crippen molar-refractivity contribution in [2.24, 2.45) is 0 Å². The Morgan fingerprint density at radius 1 is 1.00 bits per heavy atom. The average Bonchev–Trinajstić information content (AvgIpc) is 3.05. The van der Waals surface area contributed by atoms with Gasteiger partial charge in [-0.15, -0.1) is 0 Å². The zero-order valence-corrected chi connectivity index (χ0v) is 16.1. The summed E-state index contributed by atoms with van der Waals surface area (Å²) in [4.78, 5) is 24.2. The quantitative estimate of drug-likeness (QED) is 0.398. The van der Waals surface area contributed by atoms with Crippen LogP contribution in [0.25, 0.3) is 0 Å². The molecular weight excluding hydrogens is 445 g/mol. The number of hydrogen-bond donors (Lipinski definition) is 1. The van der Waals surface area contributed by atoms with Crippen molar-refractivity contribution in [2.45, 2.75) is 0 Å². The third-order valence-corrected chi connectivity index (χ3v) is 4.27. The SMILES string of the molecule is O=C(Nc1cc(Cl)ccc1Cl)c1ccc(OC(=O)c2ccc(Br)o2)cc1. The van der Waals surface area contributed by atoms with Crippen molar-refractivity contribution in [2.75, 3.05) is 5.32 Å². The van der Waals surface area contributed by atoms with Crippen LogP contribution in [0.5, 0.6) is 5.75 Å². The van der Waals surface area contributed by atoms with Crippen molar-refractivity contribution in [1.29, 1.82) is 0 Å².